The van der Waals surface area contributed by atoms with E-state index in [4.69, 9.17) is 17.3 Å². The molecule has 2 aromatic carbocycles. The standard InChI is InChI=1S/C21H22ClN5O/c1-2-19-20(25-26-27(19)16-7-4-6-14(22)12-16)21(28)24-18-8-3-5-13-11-15(23)9-10-17(13)18/h4,6-7,9-12,18H,2-3,5,8,23H2,1H3,(H,24,28). The van der Waals surface area contributed by atoms with Crippen molar-refractivity contribution in [1.82, 2.24) is 20.3 Å². The molecule has 1 aliphatic rings. The molecule has 1 heterocycles. The van der Waals surface area contributed by atoms with Crippen LogP contribution in [-0.2, 0) is 12.8 Å². The molecule has 1 atom stereocenters. The number of fused-ring (bicyclic) bond motifs is 1. The normalized spacial score (nSPS) is 15.9. The van der Waals surface area contributed by atoms with E-state index in [1.807, 2.05) is 37.3 Å². The molecule has 1 aromatic heterocycles. The number of benzene rings is 2. The van der Waals surface area contributed by atoms with Crippen LogP contribution in [0.2, 0.25) is 5.02 Å². The third-order valence-electron chi connectivity index (χ3n) is 5.15. The topological polar surface area (TPSA) is 85.8 Å². The summed E-state index contributed by atoms with van der Waals surface area (Å²) in [5.41, 5.74) is 10.9. The number of amides is 1. The zero-order chi connectivity index (χ0) is 19.7. The largest absolute Gasteiger partial charge is 0.399 e. The quantitative estimate of drug-likeness (QED) is 0.656. The summed E-state index contributed by atoms with van der Waals surface area (Å²) in [4.78, 5) is 13.0. The first-order valence-electron chi connectivity index (χ1n) is 9.46. The minimum absolute atomic E-state index is 0.0436. The first-order chi connectivity index (χ1) is 13.6. The second-order valence-corrected chi connectivity index (χ2v) is 7.44. The SMILES string of the molecule is CCc1c(C(=O)NC2CCCc3cc(N)ccc32)nnn1-c1cccc(Cl)c1. The van der Waals surface area contributed by atoms with Crippen LogP contribution in [0.25, 0.3) is 5.69 Å². The Morgan fingerprint density at radius 1 is 1.32 bits per heavy atom. The van der Waals surface area contributed by atoms with E-state index in [9.17, 15) is 4.79 Å². The molecule has 6 nitrogen and oxygen atoms in total. The predicted molar refractivity (Wildman–Crippen MR) is 110 cm³/mol. The molecule has 4 rings (SSSR count). The van der Waals surface area contributed by atoms with Gasteiger partial charge in [-0.25, -0.2) is 4.68 Å². The lowest BCUT2D eigenvalue weighted by atomic mass is 9.87. The predicted octanol–water partition coefficient (Wildman–Crippen LogP) is 3.87. The third kappa shape index (κ3) is 3.47. The van der Waals surface area contributed by atoms with Gasteiger partial charge in [-0.3, -0.25) is 4.79 Å². The highest BCUT2D eigenvalue weighted by atomic mass is 35.5. The molecule has 0 fully saturated rings. The van der Waals surface area contributed by atoms with E-state index >= 15 is 0 Å². The molecule has 144 valence electrons. The lowest BCUT2D eigenvalue weighted by molar-refractivity contribution is 0.0926. The Morgan fingerprint density at radius 3 is 2.96 bits per heavy atom. The van der Waals surface area contributed by atoms with Gasteiger partial charge in [-0.2, -0.15) is 0 Å². The van der Waals surface area contributed by atoms with Crippen molar-refractivity contribution < 1.29 is 4.79 Å². The van der Waals surface area contributed by atoms with Crippen LogP contribution in [0.4, 0.5) is 5.69 Å². The number of halogens is 1. The van der Waals surface area contributed by atoms with Gasteiger partial charge in [-0.05, 0) is 67.1 Å². The number of nitrogens with two attached hydrogens (primary N) is 1. The molecule has 0 saturated carbocycles. The minimum atomic E-state index is -0.209. The average Bonchev–Trinajstić information content (AvgIpc) is 3.12. The van der Waals surface area contributed by atoms with Gasteiger partial charge in [0.15, 0.2) is 5.69 Å². The van der Waals surface area contributed by atoms with Crippen molar-refractivity contribution in [3.63, 3.8) is 0 Å². The van der Waals surface area contributed by atoms with E-state index in [1.54, 1.807) is 16.8 Å². The van der Waals surface area contributed by atoms with Crippen LogP contribution in [0.3, 0.4) is 0 Å². The molecule has 7 heteroatoms. The minimum Gasteiger partial charge on any atom is -0.399 e. The van der Waals surface area contributed by atoms with Crippen LogP contribution in [0.1, 0.15) is 53.1 Å². The van der Waals surface area contributed by atoms with Gasteiger partial charge in [-0.15, -0.1) is 5.10 Å². The summed E-state index contributed by atoms with van der Waals surface area (Å²) >= 11 is 6.10. The Hall–Kier alpha value is -2.86. The summed E-state index contributed by atoms with van der Waals surface area (Å²) < 4.78 is 1.68. The van der Waals surface area contributed by atoms with Crippen molar-refractivity contribution in [2.45, 2.75) is 38.6 Å². The van der Waals surface area contributed by atoms with Crippen molar-refractivity contribution in [2.75, 3.05) is 5.73 Å². The number of anilines is 1. The molecule has 0 radical (unpaired) electrons. The van der Waals surface area contributed by atoms with Crippen LogP contribution in [0, 0.1) is 0 Å². The zero-order valence-electron chi connectivity index (χ0n) is 15.7. The molecule has 1 unspecified atom stereocenters. The average molecular weight is 396 g/mol. The number of hydrogen-bond donors (Lipinski definition) is 2. The maximum Gasteiger partial charge on any atom is 0.274 e. The van der Waals surface area contributed by atoms with Crippen LogP contribution in [-0.4, -0.2) is 20.9 Å². The van der Waals surface area contributed by atoms with Crippen LogP contribution >= 0.6 is 11.6 Å². The second-order valence-electron chi connectivity index (χ2n) is 7.01. The third-order valence-corrected chi connectivity index (χ3v) is 5.39. The van der Waals surface area contributed by atoms with Crippen LogP contribution < -0.4 is 11.1 Å². The Labute approximate surface area is 168 Å². The number of aryl methyl sites for hydroxylation is 1. The summed E-state index contributed by atoms with van der Waals surface area (Å²) in [6.45, 7) is 1.98. The highest BCUT2D eigenvalue weighted by Gasteiger charge is 2.26. The summed E-state index contributed by atoms with van der Waals surface area (Å²) in [5, 5.41) is 12.1. The molecule has 1 aliphatic carbocycles. The number of hydrogen-bond acceptors (Lipinski definition) is 4. The molecule has 1 amide bonds. The fourth-order valence-electron chi connectivity index (χ4n) is 3.82. The number of carbonyl (C=O) groups excluding carboxylic acids is 1. The first-order valence-corrected chi connectivity index (χ1v) is 9.84. The number of nitrogen functional groups attached to an aromatic ring is 1. The molecule has 0 saturated heterocycles. The van der Waals surface area contributed by atoms with Crippen molar-refractivity contribution in [3.05, 3.63) is 70.0 Å². The number of aromatic nitrogens is 3. The lowest BCUT2D eigenvalue weighted by Gasteiger charge is -2.26. The van der Waals surface area contributed by atoms with Gasteiger partial charge in [0, 0.05) is 10.7 Å². The van der Waals surface area contributed by atoms with Crippen molar-refractivity contribution >= 4 is 23.2 Å². The van der Waals surface area contributed by atoms with Crippen molar-refractivity contribution in [2.24, 2.45) is 0 Å². The Morgan fingerprint density at radius 2 is 2.18 bits per heavy atom. The van der Waals surface area contributed by atoms with E-state index in [2.05, 4.69) is 15.6 Å². The monoisotopic (exact) mass is 395 g/mol. The number of nitrogens with zero attached hydrogens (tertiary/aromatic N) is 3. The van der Waals surface area contributed by atoms with Gasteiger partial charge in [0.1, 0.15) is 0 Å². The van der Waals surface area contributed by atoms with Gasteiger partial charge in [0.05, 0.1) is 17.4 Å². The van der Waals surface area contributed by atoms with Crippen molar-refractivity contribution in [3.8, 4) is 5.69 Å². The second kappa shape index (κ2) is 7.64. The molecule has 0 bridgehead atoms. The molecule has 3 N–H and O–H groups in total. The summed E-state index contributed by atoms with van der Waals surface area (Å²) in [6.07, 6.45) is 3.52. The summed E-state index contributed by atoms with van der Waals surface area (Å²) in [7, 11) is 0. The number of carbonyl (C=O) groups is 1. The Balaban J connectivity index is 1.62. The zero-order valence-corrected chi connectivity index (χ0v) is 16.4. The fraction of sp³-hybridized carbons (Fsp3) is 0.286. The Kier molecular flexibility index (Phi) is 5.05. The first kappa shape index (κ1) is 18.5. The molecular weight excluding hydrogens is 374 g/mol. The van der Waals surface area contributed by atoms with Crippen LogP contribution in [0.15, 0.2) is 42.5 Å². The smallest absolute Gasteiger partial charge is 0.274 e. The molecular formula is C21H22ClN5O. The van der Waals surface area contributed by atoms with Crippen molar-refractivity contribution in [1.29, 1.82) is 0 Å². The number of rotatable bonds is 4. The fourth-order valence-corrected chi connectivity index (χ4v) is 4.01. The highest BCUT2D eigenvalue weighted by molar-refractivity contribution is 6.30. The van der Waals surface area contributed by atoms with E-state index in [0.29, 0.717) is 17.1 Å². The van der Waals surface area contributed by atoms with Gasteiger partial charge >= 0.3 is 0 Å². The van der Waals surface area contributed by atoms with Gasteiger partial charge < -0.3 is 11.1 Å². The number of nitrogens with one attached hydrogen (secondary N) is 1. The molecule has 0 spiro atoms. The van der Waals surface area contributed by atoms with E-state index in [0.717, 1.165) is 41.9 Å². The van der Waals surface area contributed by atoms with Gasteiger partial charge in [0.2, 0.25) is 0 Å². The van der Waals surface area contributed by atoms with E-state index in [-0.39, 0.29) is 11.9 Å². The van der Waals surface area contributed by atoms with E-state index < -0.39 is 0 Å². The molecule has 28 heavy (non-hydrogen) atoms. The molecule has 3 aromatic rings. The maximum atomic E-state index is 13.0. The van der Waals surface area contributed by atoms with Crippen LogP contribution in [0.5, 0.6) is 0 Å². The lowest BCUT2D eigenvalue weighted by Crippen LogP contribution is -2.32. The van der Waals surface area contributed by atoms with E-state index in [1.165, 1.54) is 5.56 Å². The van der Waals surface area contributed by atoms with Gasteiger partial charge in [-0.1, -0.05) is 35.9 Å². The van der Waals surface area contributed by atoms with Gasteiger partial charge in [0.25, 0.3) is 5.91 Å². The maximum absolute atomic E-state index is 13.0. The summed E-state index contributed by atoms with van der Waals surface area (Å²) in [5.74, 6) is -0.209. The summed E-state index contributed by atoms with van der Waals surface area (Å²) in [6, 6.07) is 13.2. The Bertz CT molecular complexity index is 1030. The molecule has 0 aliphatic heterocycles. The highest BCUT2D eigenvalue weighted by Crippen LogP contribution is 2.31.